The Bertz CT molecular complexity index is 824. The second kappa shape index (κ2) is 9.25. The molecule has 3 amide bonds. The first-order valence-electron chi connectivity index (χ1n) is 9.73. The van der Waals surface area contributed by atoms with Gasteiger partial charge in [0.1, 0.15) is 16.8 Å². The number of carbonyl (C=O) groups excluding carboxylic acids is 3. The predicted octanol–water partition coefficient (Wildman–Crippen LogP) is 5.39. The Hall–Kier alpha value is -3.28. The first-order chi connectivity index (χ1) is 13.9. The highest BCUT2D eigenvalue weighted by molar-refractivity contribution is 5.99. The minimum atomic E-state index is -1.13. The second-order valence-electron chi connectivity index (χ2n) is 9.72. The van der Waals surface area contributed by atoms with Gasteiger partial charge in [-0.25, -0.2) is 14.4 Å². The number of hydrazine groups is 1. The van der Waals surface area contributed by atoms with Crippen LogP contribution in [0.2, 0.25) is 0 Å². The van der Waals surface area contributed by atoms with Crippen LogP contribution in [0.15, 0.2) is 24.3 Å². The van der Waals surface area contributed by atoms with Crippen molar-refractivity contribution in [3.8, 4) is 6.07 Å². The van der Waals surface area contributed by atoms with Crippen molar-refractivity contribution in [3.05, 3.63) is 29.8 Å². The molecule has 0 fully saturated rings. The van der Waals surface area contributed by atoms with Gasteiger partial charge in [-0.15, -0.1) is 5.01 Å². The molecule has 0 atom stereocenters. The van der Waals surface area contributed by atoms with Crippen molar-refractivity contribution in [2.75, 3.05) is 5.01 Å². The van der Waals surface area contributed by atoms with Crippen LogP contribution in [-0.2, 0) is 14.2 Å². The third-order valence-electron chi connectivity index (χ3n) is 3.14. The summed E-state index contributed by atoms with van der Waals surface area (Å²) in [7, 11) is 0. The number of hydrogen-bond donors (Lipinski definition) is 0. The standard InChI is InChI=1S/C22H31N3O6/c1-20(2,3)29-17(26)24(16-12-10-15(14-23)11-13-16)25(18(27)30-21(4,5)6)19(28)31-22(7,8)9/h10-13H,1-9H3. The molecule has 0 saturated carbocycles. The number of amides is 3. The summed E-state index contributed by atoms with van der Waals surface area (Å²) in [6.45, 7) is 14.7. The SMILES string of the molecule is CC(C)(C)OC(=O)N(C(=O)OC(C)(C)C)N(C(=O)OC(C)(C)C)c1ccc(C#N)cc1. The summed E-state index contributed by atoms with van der Waals surface area (Å²) in [5.41, 5.74) is -2.41. The summed E-state index contributed by atoms with van der Waals surface area (Å²) >= 11 is 0. The molecule has 0 saturated heterocycles. The van der Waals surface area contributed by atoms with Gasteiger partial charge in [-0.1, -0.05) is 0 Å². The molecule has 0 aliphatic carbocycles. The molecule has 1 aromatic rings. The van der Waals surface area contributed by atoms with E-state index in [2.05, 4.69) is 0 Å². The number of ether oxygens (including phenoxy) is 3. The van der Waals surface area contributed by atoms with E-state index in [1.807, 2.05) is 6.07 Å². The molecular weight excluding hydrogens is 402 g/mol. The smallest absolute Gasteiger partial charge is 0.440 e. The molecule has 1 rings (SSSR count). The molecule has 9 heteroatoms. The van der Waals surface area contributed by atoms with Gasteiger partial charge in [0.25, 0.3) is 0 Å². The summed E-state index contributed by atoms with van der Waals surface area (Å²) in [5.74, 6) is 0. The van der Waals surface area contributed by atoms with Crippen LogP contribution in [0.3, 0.4) is 0 Å². The van der Waals surface area contributed by atoms with E-state index in [0.29, 0.717) is 10.6 Å². The van der Waals surface area contributed by atoms with Crippen LogP contribution in [0.1, 0.15) is 67.9 Å². The summed E-state index contributed by atoms with van der Waals surface area (Å²) in [5, 5.41) is 10.2. The first kappa shape index (κ1) is 25.8. The van der Waals surface area contributed by atoms with Crippen molar-refractivity contribution in [1.82, 2.24) is 5.01 Å². The molecule has 0 heterocycles. The van der Waals surface area contributed by atoms with Gasteiger partial charge >= 0.3 is 18.3 Å². The van der Waals surface area contributed by atoms with Gasteiger partial charge in [0.2, 0.25) is 0 Å². The number of imide groups is 1. The maximum atomic E-state index is 13.1. The molecule has 0 bridgehead atoms. The molecule has 0 unspecified atom stereocenters. The van der Waals surface area contributed by atoms with Crippen molar-refractivity contribution in [3.63, 3.8) is 0 Å². The van der Waals surface area contributed by atoms with E-state index < -0.39 is 35.1 Å². The number of benzene rings is 1. The van der Waals surface area contributed by atoms with Gasteiger partial charge in [0.05, 0.1) is 17.3 Å². The van der Waals surface area contributed by atoms with Crippen molar-refractivity contribution in [2.24, 2.45) is 0 Å². The fraction of sp³-hybridized carbons (Fsp3) is 0.545. The quantitative estimate of drug-likeness (QED) is 0.431. The Morgan fingerprint density at radius 1 is 0.710 bits per heavy atom. The molecular formula is C22H31N3O6. The van der Waals surface area contributed by atoms with E-state index in [0.717, 1.165) is 5.01 Å². The Morgan fingerprint density at radius 2 is 1.06 bits per heavy atom. The fourth-order valence-corrected chi connectivity index (χ4v) is 2.13. The highest BCUT2D eigenvalue weighted by Gasteiger charge is 2.41. The molecule has 1 aromatic carbocycles. The van der Waals surface area contributed by atoms with Crippen LogP contribution in [0.25, 0.3) is 0 Å². The van der Waals surface area contributed by atoms with Crippen LogP contribution in [0.4, 0.5) is 20.1 Å². The van der Waals surface area contributed by atoms with Crippen molar-refractivity contribution < 1.29 is 28.6 Å². The molecule has 0 spiro atoms. The zero-order chi connectivity index (χ0) is 24.2. The van der Waals surface area contributed by atoms with Crippen molar-refractivity contribution in [1.29, 1.82) is 5.26 Å². The van der Waals surface area contributed by atoms with E-state index in [4.69, 9.17) is 19.5 Å². The average Bonchev–Trinajstić information content (AvgIpc) is 2.54. The van der Waals surface area contributed by atoms with E-state index >= 15 is 0 Å². The van der Waals surface area contributed by atoms with Crippen LogP contribution in [0.5, 0.6) is 0 Å². The molecule has 9 nitrogen and oxygen atoms in total. The van der Waals surface area contributed by atoms with Crippen LogP contribution >= 0.6 is 0 Å². The van der Waals surface area contributed by atoms with E-state index in [9.17, 15) is 14.4 Å². The topological polar surface area (TPSA) is 109 Å². The summed E-state index contributed by atoms with van der Waals surface area (Å²) in [6, 6.07) is 7.66. The average molecular weight is 434 g/mol. The van der Waals surface area contributed by atoms with E-state index in [1.165, 1.54) is 24.3 Å². The number of anilines is 1. The molecule has 0 N–H and O–H groups in total. The highest BCUT2D eigenvalue weighted by Crippen LogP contribution is 2.25. The van der Waals surface area contributed by atoms with Gasteiger partial charge in [0, 0.05) is 0 Å². The number of rotatable bonds is 1. The lowest BCUT2D eigenvalue weighted by molar-refractivity contribution is -0.00667. The van der Waals surface area contributed by atoms with Gasteiger partial charge in [-0.05, 0) is 86.6 Å². The third-order valence-corrected chi connectivity index (χ3v) is 3.14. The Morgan fingerprint density at radius 3 is 1.39 bits per heavy atom. The molecule has 0 aromatic heterocycles. The van der Waals surface area contributed by atoms with Crippen LogP contribution < -0.4 is 5.01 Å². The van der Waals surface area contributed by atoms with E-state index in [1.54, 1.807) is 62.3 Å². The minimum Gasteiger partial charge on any atom is -0.442 e. The van der Waals surface area contributed by atoms with Crippen LogP contribution in [0, 0.1) is 11.3 Å². The largest absolute Gasteiger partial charge is 0.442 e. The monoisotopic (exact) mass is 433 g/mol. The summed E-state index contributed by atoms with van der Waals surface area (Å²) in [6.07, 6.45) is -3.26. The van der Waals surface area contributed by atoms with Crippen molar-refractivity contribution >= 4 is 24.0 Å². The normalized spacial score (nSPS) is 11.7. The molecule has 0 aliphatic rings. The lowest BCUT2D eigenvalue weighted by Crippen LogP contribution is -2.56. The lowest BCUT2D eigenvalue weighted by Gasteiger charge is -2.35. The fourth-order valence-electron chi connectivity index (χ4n) is 2.13. The van der Waals surface area contributed by atoms with E-state index in [-0.39, 0.29) is 5.69 Å². The lowest BCUT2D eigenvalue weighted by atomic mass is 10.2. The zero-order valence-electron chi connectivity index (χ0n) is 19.6. The van der Waals surface area contributed by atoms with Gasteiger partial charge in [-0.2, -0.15) is 10.3 Å². The number of carbonyl (C=O) groups is 3. The highest BCUT2D eigenvalue weighted by atomic mass is 16.6. The molecule has 31 heavy (non-hydrogen) atoms. The van der Waals surface area contributed by atoms with Crippen LogP contribution in [-0.4, -0.2) is 40.1 Å². The Kier molecular flexibility index (Phi) is 7.68. The zero-order valence-corrected chi connectivity index (χ0v) is 19.6. The minimum absolute atomic E-state index is 0.102. The Labute approximate surface area is 183 Å². The first-order valence-corrected chi connectivity index (χ1v) is 9.73. The molecule has 0 radical (unpaired) electrons. The number of hydrogen-bond acceptors (Lipinski definition) is 7. The number of nitrogens with zero attached hydrogens (tertiary/aromatic N) is 3. The van der Waals surface area contributed by atoms with Crippen molar-refractivity contribution in [2.45, 2.75) is 79.1 Å². The maximum absolute atomic E-state index is 13.1. The Balaban J connectivity index is 3.60. The molecule has 0 aliphatic heterocycles. The van der Waals surface area contributed by atoms with Gasteiger partial charge in [0.15, 0.2) is 0 Å². The predicted molar refractivity (Wildman–Crippen MR) is 114 cm³/mol. The number of nitriles is 1. The summed E-state index contributed by atoms with van der Waals surface area (Å²) in [4.78, 5) is 39.1. The van der Waals surface area contributed by atoms with Gasteiger partial charge < -0.3 is 14.2 Å². The second-order valence-corrected chi connectivity index (χ2v) is 9.72. The molecule has 170 valence electrons. The summed E-state index contributed by atoms with van der Waals surface area (Å²) < 4.78 is 16.1. The van der Waals surface area contributed by atoms with Gasteiger partial charge in [-0.3, -0.25) is 0 Å². The maximum Gasteiger partial charge on any atom is 0.440 e. The third kappa shape index (κ3) is 8.54.